The number of imidazole rings is 1. The number of unbranched alkanes of at least 4 members (excludes halogenated alkanes) is 3. The zero-order valence-electron chi connectivity index (χ0n) is 12.2. The lowest BCUT2D eigenvalue weighted by Crippen LogP contribution is -2.13. The summed E-state index contributed by atoms with van der Waals surface area (Å²) in [4.78, 5) is 16.0. The van der Waals surface area contributed by atoms with Gasteiger partial charge in [0.1, 0.15) is 0 Å². The Morgan fingerprint density at radius 3 is 2.76 bits per heavy atom. The van der Waals surface area contributed by atoms with Crippen molar-refractivity contribution >= 4 is 11.6 Å². The highest BCUT2D eigenvalue weighted by Gasteiger charge is 2.07. The van der Waals surface area contributed by atoms with Crippen LogP contribution in [0.1, 0.15) is 32.1 Å². The van der Waals surface area contributed by atoms with Gasteiger partial charge in [-0.2, -0.15) is 0 Å². The maximum absolute atomic E-state index is 12.0. The number of nitrogens with two attached hydrogens (primary N) is 1. The van der Waals surface area contributed by atoms with E-state index in [1.807, 2.05) is 35.0 Å². The first kappa shape index (κ1) is 15.3. The van der Waals surface area contributed by atoms with E-state index >= 15 is 0 Å². The Labute approximate surface area is 125 Å². The van der Waals surface area contributed by atoms with Crippen LogP contribution in [0.25, 0.3) is 5.69 Å². The van der Waals surface area contributed by atoms with Gasteiger partial charge in [-0.25, -0.2) is 4.98 Å². The Hall–Kier alpha value is -2.14. The van der Waals surface area contributed by atoms with Gasteiger partial charge in [0, 0.05) is 18.8 Å². The third-order valence-corrected chi connectivity index (χ3v) is 3.32. The topological polar surface area (TPSA) is 72.9 Å². The number of nitrogens with one attached hydrogen (secondary N) is 1. The molecule has 0 aliphatic rings. The second-order valence-electron chi connectivity index (χ2n) is 4.99. The van der Waals surface area contributed by atoms with E-state index in [4.69, 9.17) is 5.73 Å². The molecule has 0 saturated carbocycles. The molecule has 0 unspecified atom stereocenters. The molecule has 0 spiro atoms. The molecule has 0 fully saturated rings. The van der Waals surface area contributed by atoms with Crippen LogP contribution >= 0.6 is 0 Å². The van der Waals surface area contributed by atoms with Crippen molar-refractivity contribution in [3.05, 3.63) is 43.0 Å². The largest absolute Gasteiger partial charge is 0.330 e. The fourth-order valence-corrected chi connectivity index (χ4v) is 2.20. The van der Waals surface area contributed by atoms with Crippen LogP contribution in [0.2, 0.25) is 0 Å². The number of para-hydroxylation sites is 2. The molecule has 1 heterocycles. The lowest BCUT2D eigenvalue weighted by atomic mass is 10.1. The highest BCUT2D eigenvalue weighted by molar-refractivity contribution is 5.92. The van der Waals surface area contributed by atoms with Crippen LogP contribution in [0, 0.1) is 0 Å². The first-order valence-corrected chi connectivity index (χ1v) is 7.38. The van der Waals surface area contributed by atoms with Crippen molar-refractivity contribution in [2.24, 2.45) is 5.73 Å². The summed E-state index contributed by atoms with van der Waals surface area (Å²) in [6, 6.07) is 7.72. The van der Waals surface area contributed by atoms with Crippen LogP contribution in [0.5, 0.6) is 0 Å². The predicted octanol–water partition coefficient (Wildman–Crippen LogP) is 2.72. The molecule has 1 aromatic heterocycles. The van der Waals surface area contributed by atoms with E-state index in [-0.39, 0.29) is 5.91 Å². The quantitative estimate of drug-likeness (QED) is 0.733. The van der Waals surface area contributed by atoms with E-state index in [1.54, 1.807) is 12.5 Å². The molecule has 2 rings (SSSR count). The van der Waals surface area contributed by atoms with E-state index < -0.39 is 0 Å². The van der Waals surface area contributed by atoms with Crippen molar-refractivity contribution in [1.29, 1.82) is 0 Å². The molecule has 5 heteroatoms. The van der Waals surface area contributed by atoms with Gasteiger partial charge in [0.2, 0.25) is 5.91 Å². The number of nitrogens with zero attached hydrogens (tertiary/aromatic N) is 2. The average molecular weight is 286 g/mol. The lowest BCUT2D eigenvalue weighted by Gasteiger charge is -2.11. The van der Waals surface area contributed by atoms with Gasteiger partial charge in [-0.1, -0.05) is 25.0 Å². The van der Waals surface area contributed by atoms with Crippen molar-refractivity contribution in [1.82, 2.24) is 9.55 Å². The smallest absolute Gasteiger partial charge is 0.224 e. The Kier molecular flexibility index (Phi) is 5.97. The zero-order chi connectivity index (χ0) is 14.9. The molecule has 5 nitrogen and oxygen atoms in total. The molecular weight excluding hydrogens is 264 g/mol. The number of rotatable bonds is 8. The second kappa shape index (κ2) is 8.21. The molecule has 3 N–H and O–H groups in total. The molecule has 0 atom stereocenters. The summed E-state index contributed by atoms with van der Waals surface area (Å²) in [6.45, 7) is 0.727. The number of carbonyl (C=O) groups is 1. The van der Waals surface area contributed by atoms with Crippen molar-refractivity contribution < 1.29 is 4.79 Å². The number of aromatic nitrogens is 2. The summed E-state index contributed by atoms with van der Waals surface area (Å²) in [5.41, 5.74) is 7.18. The maximum atomic E-state index is 12.0. The molecule has 21 heavy (non-hydrogen) atoms. The van der Waals surface area contributed by atoms with Gasteiger partial charge >= 0.3 is 0 Å². The minimum Gasteiger partial charge on any atom is -0.330 e. The molecule has 1 aromatic carbocycles. The summed E-state index contributed by atoms with van der Waals surface area (Å²) in [7, 11) is 0. The van der Waals surface area contributed by atoms with Crippen LogP contribution in [-0.4, -0.2) is 22.0 Å². The van der Waals surface area contributed by atoms with Crippen LogP contribution in [0.4, 0.5) is 5.69 Å². The van der Waals surface area contributed by atoms with Gasteiger partial charge in [-0.05, 0) is 31.5 Å². The molecule has 2 aromatic rings. The van der Waals surface area contributed by atoms with E-state index in [2.05, 4.69) is 10.3 Å². The minimum atomic E-state index is 0.0512. The van der Waals surface area contributed by atoms with Crippen molar-refractivity contribution in [3.8, 4) is 5.69 Å². The second-order valence-corrected chi connectivity index (χ2v) is 4.99. The Bertz CT molecular complexity index is 551. The van der Waals surface area contributed by atoms with E-state index in [9.17, 15) is 4.79 Å². The average Bonchev–Trinajstić information content (AvgIpc) is 3.02. The summed E-state index contributed by atoms with van der Waals surface area (Å²) in [6.07, 6.45) is 9.92. The van der Waals surface area contributed by atoms with Crippen LogP contribution in [0.15, 0.2) is 43.0 Å². The summed E-state index contributed by atoms with van der Waals surface area (Å²) >= 11 is 0. The molecule has 0 saturated heterocycles. The molecule has 0 bridgehead atoms. The number of anilines is 1. The molecule has 112 valence electrons. The molecule has 0 radical (unpaired) electrons. The first-order chi connectivity index (χ1) is 10.3. The maximum Gasteiger partial charge on any atom is 0.224 e. The highest BCUT2D eigenvalue weighted by Crippen LogP contribution is 2.20. The van der Waals surface area contributed by atoms with Gasteiger partial charge < -0.3 is 15.6 Å². The number of amides is 1. The molecule has 1 amide bonds. The van der Waals surface area contributed by atoms with Crippen molar-refractivity contribution in [2.45, 2.75) is 32.1 Å². The van der Waals surface area contributed by atoms with Crippen molar-refractivity contribution in [3.63, 3.8) is 0 Å². The summed E-state index contributed by atoms with van der Waals surface area (Å²) in [5.74, 6) is 0.0512. The number of benzene rings is 1. The van der Waals surface area contributed by atoms with E-state index in [0.29, 0.717) is 6.42 Å². The number of hydrogen-bond donors (Lipinski definition) is 2. The van der Waals surface area contributed by atoms with Gasteiger partial charge in [0.15, 0.2) is 0 Å². The van der Waals surface area contributed by atoms with Crippen molar-refractivity contribution in [2.75, 3.05) is 11.9 Å². The van der Waals surface area contributed by atoms with Crippen LogP contribution in [0.3, 0.4) is 0 Å². The fraction of sp³-hybridized carbons (Fsp3) is 0.375. The standard InChI is InChI=1S/C16H22N4O/c17-10-6-2-1-3-9-16(21)19-14-7-4-5-8-15(14)20-12-11-18-13-20/h4-5,7-8,11-13H,1-3,6,9-10,17H2,(H,19,21). The third-order valence-electron chi connectivity index (χ3n) is 3.32. The Morgan fingerprint density at radius 2 is 2.00 bits per heavy atom. The number of hydrogen-bond acceptors (Lipinski definition) is 3. The molecule has 0 aliphatic carbocycles. The predicted molar refractivity (Wildman–Crippen MR) is 84.3 cm³/mol. The van der Waals surface area contributed by atoms with Gasteiger partial charge in [0.25, 0.3) is 0 Å². The first-order valence-electron chi connectivity index (χ1n) is 7.38. The fourth-order valence-electron chi connectivity index (χ4n) is 2.20. The van der Waals surface area contributed by atoms with Gasteiger partial charge in [-0.3, -0.25) is 4.79 Å². The Morgan fingerprint density at radius 1 is 1.19 bits per heavy atom. The molecule has 0 aliphatic heterocycles. The summed E-state index contributed by atoms with van der Waals surface area (Å²) in [5, 5.41) is 2.98. The highest BCUT2D eigenvalue weighted by atomic mass is 16.1. The van der Waals surface area contributed by atoms with E-state index in [0.717, 1.165) is 43.6 Å². The normalized spacial score (nSPS) is 10.5. The van der Waals surface area contributed by atoms with Crippen LogP contribution in [-0.2, 0) is 4.79 Å². The zero-order valence-corrected chi connectivity index (χ0v) is 12.2. The number of carbonyl (C=O) groups excluding carboxylic acids is 1. The lowest BCUT2D eigenvalue weighted by molar-refractivity contribution is -0.116. The minimum absolute atomic E-state index is 0.0512. The van der Waals surface area contributed by atoms with Gasteiger partial charge in [0.05, 0.1) is 17.7 Å². The van der Waals surface area contributed by atoms with Crippen LogP contribution < -0.4 is 11.1 Å². The van der Waals surface area contributed by atoms with E-state index in [1.165, 1.54) is 0 Å². The Balaban J connectivity index is 1.89. The molecular formula is C16H22N4O. The third kappa shape index (κ3) is 4.72. The van der Waals surface area contributed by atoms with Gasteiger partial charge in [-0.15, -0.1) is 0 Å². The summed E-state index contributed by atoms with van der Waals surface area (Å²) < 4.78 is 1.89. The monoisotopic (exact) mass is 286 g/mol. The SMILES string of the molecule is NCCCCCCC(=O)Nc1ccccc1-n1ccnc1.